The van der Waals surface area contributed by atoms with Crippen LogP contribution in [0.4, 0.5) is 5.69 Å². The van der Waals surface area contributed by atoms with Gasteiger partial charge in [0.1, 0.15) is 5.75 Å². The Morgan fingerprint density at radius 1 is 1.56 bits per heavy atom. The van der Waals surface area contributed by atoms with Crippen LogP contribution in [0.15, 0.2) is 18.2 Å². The molecule has 0 radical (unpaired) electrons. The summed E-state index contributed by atoms with van der Waals surface area (Å²) in [6.07, 6.45) is 0.827. The standard InChI is InChI=1S/C11H16N2O3/c1-3-7(2)11(12)9-6-8(14)4-5-10(9)13(15)16/h4-7,11,14H,3,12H2,1-2H3/t7?,11-/m0/s1. The molecular weight excluding hydrogens is 208 g/mol. The predicted molar refractivity (Wildman–Crippen MR) is 61.1 cm³/mol. The highest BCUT2D eigenvalue weighted by atomic mass is 16.6. The minimum Gasteiger partial charge on any atom is -0.508 e. The Labute approximate surface area is 94.0 Å². The van der Waals surface area contributed by atoms with Crippen LogP contribution in [0.3, 0.4) is 0 Å². The van der Waals surface area contributed by atoms with Crippen LogP contribution >= 0.6 is 0 Å². The Hall–Kier alpha value is -1.62. The highest BCUT2D eigenvalue weighted by Crippen LogP contribution is 2.32. The Morgan fingerprint density at radius 3 is 2.69 bits per heavy atom. The molecule has 5 heteroatoms. The summed E-state index contributed by atoms with van der Waals surface area (Å²) in [6, 6.07) is 3.52. The number of phenols is 1. The minimum atomic E-state index is -0.475. The van der Waals surface area contributed by atoms with E-state index in [9.17, 15) is 15.2 Å². The fraction of sp³-hybridized carbons (Fsp3) is 0.455. The van der Waals surface area contributed by atoms with Crippen molar-refractivity contribution in [3.63, 3.8) is 0 Å². The van der Waals surface area contributed by atoms with Crippen LogP contribution in [0, 0.1) is 16.0 Å². The lowest BCUT2D eigenvalue weighted by molar-refractivity contribution is -0.385. The second-order valence-corrected chi connectivity index (χ2v) is 3.91. The SMILES string of the molecule is CCC(C)[C@H](N)c1cc(O)ccc1[N+](=O)[O-]. The van der Waals surface area contributed by atoms with Gasteiger partial charge in [-0.05, 0) is 18.1 Å². The zero-order valence-corrected chi connectivity index (χ0v) is 9.38. The lowest BCUT2D eigenvalue weighted by atomic mass is 9.92. The molecule has 1 aromatic rings. The molecule has 0 aliphatic carbocycles. The van der Waals surface area contributed by atoms with Crippen LogP contribution in [-0.4, -0.2) is 10.0 Å². The summed E-state index contributed by atoms with van der Waals surface area (Å²) in [5.41, 5.74) is 6.29. The smallest absolute Gasteiger partial charge is 0.274 e. The van der Waals surface area contributed by atoms with Crippen LogP contribution in [0.1, 0.15) is 31.9 Å². The average Bonchev–Trinajstić information content (AvgIpc) is 2.26. The number of phenolic OH excluding ortho intramolecular Hbond substituents is 1. The number of rotatable bonds is 4. The molecule has 0 bridgehead atoms. The Kier molecular flexibility index (Phi) is 3.84. The second-order valence-electron chi connectivity index (χ2n) is 3.91. The van der Waals surface area contributed by atoms with E-state index in [2.05, 4.69) is 0 Å². The van der Waals surface area contributed by atoms with Crippen LogP contribution < -0.4 is 5.73 Å². The van der Waals surface area contributed by atoms with Crippen LogP contribution in [0.5, 0.6) is 5.75 Å². The molecule has 0 aliphatic heterocycles. The summed E-state index contributed by atoms with van der Waals surface area (Å²) in [6.45, 7) is 3.90. The van der Waals surface area contributed by atoms with Gasteiger partial charge in [0.2, 0.25) is 0 Å². The number of benzene rings is 1. The van der Waals surface area contributed by atoms with Gasteiger partial charge in [-0.3, -0.25) is 10.1 Å². The molecule has 0 saturated carbocycles. The van der Waals surface area contributed by atoms with Crippen LogP contribution in [0.25, 0.3) is 0 Å². The summed E-state index contributed by atoms with van der Waals surface area (Å²) < 4.78 is 0. The van der Waals surface area contributed by atoms with E-state index in [-0.39, 0.29) is 17.4 Å². The van der Waals surface area contributed by atoms with Gasteiger partial charge in [0.15, 0.2) is 0 Å². The van der Waals surface area contributed by atoms with Crippen molar-refractivity contribution in [2.75, 3.05) is 0 Å². The zero-order chi connectivity index (χ0) is 12.3. The topological polar surface area (TPSA) is 89.4 Å². The van der Waals surface area contributed by atoms with Gasteiger partial charge in [-0.15, -0.1) is 0 Å². The molecule has 0 aliphatic rings. The maximum atomic E-state index is 10.8. The summed E-state index contributed by atoms with van der Waals surface area (Å²) in [5.74, 6) is 0.125. The Bertz CT molecular complexity index is 393. The first-order valence-electron chi connectivity index (χ1n) is 5.20. The van der Waals surface area contributed by atoms with Crippen molar-refractivity contribution in [2.45, 2.75) is 26.3 Å². The maximum Gasteiger partial charge on any atom is 0.274 e. The van der Waals surface area contributed by atoms with Crippen molar-refractivity contribution < 1.29 is 10.0 Å². The molecule has 88 valence electrons. The first-order chi connectivity index (χ1) is 7.47. The predicted octanol–water partition coefficient (Wildman–Crippen LogP) is 2.35. The lowest BCUT2D eigenvalue weighted by Crippen LogP contribution is -2.19. The third-order valence-electron chi connectivity index (χ3n) is 2.82. The molecule has 1 rings (SSSR count). The zero-order valence-electron chi connectivity index (χ0n) is 9.38. The van der Waals surface area contributed by atoms with Crippen molar-refractivity contribution in [3.8, 4) is 5.75 Å². The number of aromatic hydroxyl groups is 1. The fourth-order valence-electron chi connectivity index (χ4n) is 1.54. The molecule has 0 saturated heterocycles. The number of hydrogen-bond acceptors (Lipinski definition) is 4. The highest BCUT2D eigenvalue weighted by molar-refractivity contribution is 5.46. The normalized spacial score (nSPS) is 14.4. The molecule has 0 fully saturated rings. The third kappa shape index (κ3) is 2.49. The van der Waals surface area contributed by atoms with Crippen molar-refractivity contribution in [3.05, 3.63) is 33.9 Å². The van der Waals surface area contributed by atoms with E-state index in [1.165, 1.54) is 18.2 Å². The van der Waals surface area contributed by atoms with Crippen molar-refractivity contribution in [1.29, 1.82) is 0 Å². The van der Waals surface area contributed by atoms with Crippen molar-refractivity contribution in [1.82, 2.24) is 0 Å². The van der Waals surface area contributed by atoms with E-state index in [1.807, 2.05) is 13.8 Å². The summed E-state index contributed by atoms with van der Waals surface area (Å²) in [5, 5.41) is 20.2. The van der Waals surface area contributed by atoms with E-state index < -0.39 is 11.0 Å². The Morgan fingerprint density at radius 2 is 2.19 bits per heavy atom. The first-order valence-corrected chi connectivity index (χ1v) is 5.20. The first kappa shape index (κ1) is 12.4. The van der Waals surface area contributed by atoms with Gasteiger partial charge in [-0.25, -0.2) is 0 Å². The molecule has 1 unspecified atom stereocenters. The number of nitro groups is 1. The molecule has 5 nitrogen and oxygen atoms in total. The molecule has 0 aromatic heterocycles. The van der Waals surface area contributed by atoms with Gasteiger partial charge in [0.25, 0.3) is 5.69 Å². The van der Waals surface area contributed by atoms with Gasteiger partial charge >= 0.3 is 0 Å². The van der Waals surface area contributed by atoms with Crippen molar-refractivity contribution in [2.24, 2.45) is 11.7 Å². The van der Waals surface area contributed by atoms with Gasteiger partial charge < -0.3 is 10.8 Å². The van der Waals surface area contributed by atoms with E-state index in [0.717, 1.165) is 6.42 Å². The highest BCUT2D eigenvalue weighted by Gasteiger charge is 2.23. The van der Waals surface area contributed by atoms with E-state index >= 15 is 0 Å². The molecule has 0 spiro atoms. The van der Waals surface area contributed by atoms with Crippen LogP contribution in [-0.2, 0) is 0 Å². The third-order valence-corrected chi connectivity index (χ3v) is 2.82. The van der Waals surface area contributed by atoms with Crippen molar-refractivity contribution >= 4 is 5.69 Å². The van der Waals surface area contributed by atoms with E-state index in [1.54, 1.807) is 0 Å². The summed E-state index contributed by atoms with van der Waals surface area (Å²) in [4.78, 5) is 10.3. The lowest BCUT2D eigenvalue weighted by Gasteiger charge is -2.18. The second kappa shape index (κ2) is 4.94. The van der Waals surface area contributed by atoms with Gasteiger partial charge in [-0.2, -0.15) is 0 Å². The number of nitrogens with zero attached hydrogens (tertiary/aromatic N) is 1. The van der Waals surface area contributed by atoms with Gasteiger partial charge in [-0.1, -0.05) is 20.3 Å². The van der Waals surface area contributed by atoms with E-state index in [4.69, 9.17) is 5.73 Å². The van der Waals surface area contributed by atoms with E-state index in [0.29, 0.717) is 5.56 Å². The summed E-state index contributed by atoms with van der Waals surface area (Å²) in [7, 11) is 0. The van der Waals surface area contributed by atoms with Gasteiger partial charge in [0.05, 0.1) is 10.5 Å². The molecule has 1 aromatic carbocycles. The Balaban J connectivity index is 3.19. The van der Waals surface area contributed by atoms with Crippen LogP contribution in [0.2, 0.25) is 0 Å². The minimum absolute atomic E-state index is 0.000599. The summed E-state index contributed by atoms with van der Waals surface area (Å²) >= 11 is 0. The fourth-order valence-corrected chi connectivity index (χ4v) is 1.54. The number of nitro benzene ring substituents is 1. The maximum absolute atomic E-state index is 10.8. The largest absolute Gasteiger partial charge is 0.508 e. The average molecular weight is 224 g/mol. The quantitative estimate of drug-likeness (QED) is 0.606. The molecule has 2 atom stereocenters. The molecular formula is C11H16N2O3. The molecule has 16 heavy (non-hydrogen) atoms. The monoisotopic (exact) mass is 224 g/mol. The van der Waals surface area contributed by atoms with Gasteiger partial charge in [0, 0.05) is 12.1 Å². The number of hydrogen-bond donors (Lipinski definition) is 2. The molecule has 0 heterocycles. The number of nitrogens with two attached hydrogens (primary N) is 1. The molecule has 3 N–H and O–H groups in total. The molecule has 0 amide bonds.